The number of methoxy groups -OCH3 is 2. The Morgan fingerprint density at radius 1 is 1.10 bits per heavy atom. The highest BCUT2D eigenvalue weighted by atomic mass is 16.5. The Balaban J connectivity index is 2.23. The van der Waals surface area contributed by atoms with E-state index in [1.807, 2.05) is 0 Å². The Hall–Kier alpha value is -2.75. The summed E-state index contributed by atoms with van der Waals surface area (Å²) in [5, 5.41) is 9.84. The van der Waals surface area contributed by atoms with Crippen LogP contribution in [0.1, 0.15) is 15.9 Å². The monoisotopic (exact) mass is 284 g/mol. The summed E-state index contributed by atoms with van der Waals surface area (Å²) >= 11 is 0. The van der Waals surface area contributed by atoms with Crippen LogP contribution in [0.4, 0.5) is 0 Å². The van der Waals surface area contributed by atoms with Gasteiger partial charge in [0.15, 0.2) is 5.78 Å². The minimum Gasteiger partial charge on any atom is -0.507 e. The van der Waals surface area contributed by atoms with Gasteiger partial charge in [0.2, 0.25) is 0 Å². The van der Waals surface area contributed by atoms with Crippen molar-refractivity contribution in [2.24, 2.45) is 0 Å². The summed E-state index contributed by atoms with van der Waals surface area (Å²) in [6, 6.07) is 11.9. The smallest absolute Gasteiger partial charge is 0.189 e. The molecule has 0 fully saturated rings. The topological polar surface area (TPSA) is 55.8 Å². The SMILES string of the molecule is COc1ccc(C=CC(=O)c2ccccc2OC)c(O)c1. The number of ketones is 1. The molecule has 0 bridgehead atoms. The number of phenolic OH excluding ortho intramolecular Hbond substituents is 1. The van der Waals surface area contributed by atoms with Crippen molar-refractivity contribution in [2.75, 3.05) is 14.2 Å². The largest absolute Gasteiger partial charge is 0.507 e. The zero-order valence-electron chi connectivity index (χ0n) is 11.9. The van der Waals surface area contributed by atoms with Gasteiger partial charge in [0, 0.05) is 11.6 Å². The molecule has 4 heteroatoms. The lowest BCUT2D eigenvalue weighted by Gasteiger charge is -2.05. The summed E-state index contributed by atoms with van der Waals surface area (Å²) in [7, 11) is 3.04. The molecule has 0 spiro atoms. The molecule has 0 saturated carbocycles. The van der Waals surface area contributed by atoms with E-state index in [0.29, 0.717) is 22.6 Å². The van der Waals surface area contributed by atoms with Crippen LogP contribution in [0.5, 0.6) is 17.2 Å². The number of benzene rings is 2. The Bertz CT molecular complexity index is 674. The molecule has 2 aromatic carbocycles. The van der Waals surface area contributed by atoms with E-state index in [0.717, 1.165) is 0 Å². The summed E-state index contributed by atoms with van der Waals surface area (Å²) in [6.07, 6.45) is 2.96. The molecule has 1 N–H and O–H groups in total. The number of hydrogen-bond acceptors (Lipinski definition) is 4. The van der Waals surface area contributed by atoms with Crippen LogP contribution in [0.25, 0.3) is 6.08 Å². The summed E-state index contributed by atoms with van der Waals surface area (Å²) in [4.78, 5) is 12.2. The van der Waals surface area contributed by atoms with Gasteiger partial charge < -0.3 is 14.6 Å². The Morgan fingerprint density at radius 2 is 1.86 bits per heavy atom. The minimum atomic E-state index is -0.192. The van der Waals surface area contributed by atoms with Crippen molar-refractivity contribution < 1.29 is 19.4 Å². The maximum absolute atomic E-state index is 12.2. The highest BCUT2D eigenvalue weighted by Gasteiger charge is 2.08. The van der Waals surface area contributed by atoms with Gasteiger partial charge in [-0.05, 0) is 36.4 Å². The fourth-order valence-electron chi connectivity index (χ4n) is 1.89. The van der Waals surface area contributed by atoms with Gasteiger partial charge in [-0.15, -0.1) is 0 Å². The van der Waals surface area contributed by atoms with Gasteiger partial charge in [0.1, 0.15) is 17.2 Å². The van der Waals surface area contributed by atoms with E-state index in [1.165, 1.54) is 26.4 Å². The van der Waals surface area contributed by atoms with Crippen LogP contribution in [0.2, 0.25) is 0 Å². The minimum absolute atomic E-state index is 0.0541. The molecule has 0 radical (unpaired) electrons. The molecule has 0 unspecified atom stereocenters. The van der Waals surface area contributed by atoms with Gasteiger partial charge in [-0.25, -0.2) is 0 Å². The molecule has 0 aliphatic carbocycles. The average Bonchev–Trinajstić information content (AvgIpc) is 2.53. The average molecular weight is 284 g/mol. The standard InChI is InChI=1S/C17H16O4/c1-20-13-9-7-12(16(19)11-13)8-10-15(18)14-5-3-4-6-17(14)21-2/h3-11,19H,1-2H3. The number of para-hydroxylation sites is 1. The lowest BCUT2D eigenvalue weighted by Crippen LogP contribution is -1.98. The molecular weight excluding hydrogens is 268 g/mol. The predicted molar refractivity (Wildman–Crippen MR) is 81.0 cm³/mol. The molecule has 108 valence electrons. The van der Waals surface area contributed by atoms with Crippen molar-refractivity contribution in [1.29, 1.82) is 0 Å². The zero-order chi connectivity index (χ0) is 15.2. The van der Waals surface area contributed by atoms with Gasteiger partial charge in [0.25, 0.3) is 0 Å². The van der Waals surface area contributed by atoms with Gasteiger partial charge in [0.05, 0.1) is 19.8 Å². The van der Waals surface area contributed by atoms with Crippen LogP contribution >= 0.6 is 0 Å². The molecule has 0 aromatic heterocycles. The van der Waals surface area contributed by atoms with Crippen molar-refractivity contribution in [3.05, 3.63) is 59.7 Å². The highest BCUT2D eigenvalue weighted by Crippen LogP contribution is 2.25. The van der Waals surface area contributed by atoms with E-state index in [4.69, 9.17) is 9.47 Å². The first-order valence-electron chi connectivity index (χ1n) is 6.38. The van der Waals surface area contributed by atoms with Crippen molar-refractivity contribution >= 4 is 11.9 Å². The van der Waals surface area contributed by atoms with E-state index in [-0.39, 0.29) is 11.5 Å². The van der Waals surface area contributed by atoms with Crippen LogP contribution < -0.4 is 9.47 Å². The maximum Gasteiger partial charge on any atom is 0.189 e. The molecule has 2 aromatic rings. The summed E-state index contributed by atoms with van der Waals surface area (Å²) in [5.41, 5.74) is 1.02. The Morgan fingerprint density at radius 3 is 2.52 bits per heavy atom. The highest BCUT2D eigenvalue weighted by molar-refractivity contribution is 6.08. The Kier molecular flexibility index (Phi) is 4.61. The fourth-order valence-corrected chi connectivity index (χ4v) is 1.89. The lowest BCUT2D eigenvalue weighted by atomic mass is 10.1. The number of phenols is 1. The molecule has 0 aliphatic rings. The molecule has 2 rings (SSSR count). The maximum atomic E-state index is 12.2. The number of hydrogen-bond donors (Lipinski definition) is 1. The second-order valence-corrected chi connectivity index (χ2v) is 4.32. The fraction of sp³-hybridized carbons (Fsp3) is 0.118. The van der Waals surface area contributed by atoms with E-state index in [1.54, 1.807) is 42.5 Å². The van der Waals surface area contributed by atoms with Gasteiger partial charge in [-0.3, -0.25) is 4.79 Å². The van der Waals surface area contributed by atoms with E-state index >= 15 is 0 Å². The Labute approximate surface area is 123 Å². The van der Waals surface area contributed by atoms with Crippen LogP contribution in [-0.4, -0.2) is 25.1 Å². The van der Waals surface area contributed by atoms with Gasteiger partial charge >= 0.3 is 0 Å². The summed E-state index contributed by atoms with van der Waals surface area (Å²) < 4.78 is 10.2. The van der Waals surface area contributed by atoms with E-state index in [2.05, 4.69) is 0 Å². The third-order valence-corrected chi connectivity index (χ3v) is 3.02. The van der Waals surface area contributed by atoms with Crippen molar-refractivity contribution in [3.8, 4) is 17.2 Å². The molecule has 21 heavy (non-hydrogen) atoms. The normalized spacial score (nSPS) is 10.6. The molecular formula is C17H16O4. The predicted octanol–water partition coefficient (Wildman–Crippen LogP) is 3.31. The van der Waals surface area contributed by atoms with Crippen LogP contribution in [0.15, 0.2) is 48.5 Å². The lowest BCUT2D eigenvalue weighted by molar-refractivity contribution is 0.104. The molecule has 0 atom stereocenters. The zero-order valence-corrected chi connectivity index (χ0v) is 11.9. The third kappa shape index (κ3) is 3.42. The number of carbonyl (C=O) groups is 1. The second kappa shape index (κ2) is 6.61. The number of ether oxygens (including phenoxy) is 2. The second-order valence-electron chi connectivity index (χ2n) is 4.32. The first-order valence-corrected chi connectivity index (χ1v) is 6.38. The number of rotatable bonds is 5. The first kappa shape index (κ1) is 14.7. The van der Waals surface area contributed by atoms with E-state index < -0.39 is 0 Å². The van der Waals surface area contributed by atoms with Crippen molar-refractivity contribution in [1.82, 2.24) is 0 Å². The van der Waals surface area contributed by atoms with Gasteiger partial charge in [-0.2, -0.15) is 0 Å². The molecule has 0 aliphatic heterocycles. The first-order chi connectivity index (χ1) is 10.2. The quantitative estimate of drug-likeness (QED) is 0.676. The van der Waals surface area contributed by atoms with Crippen molar-refractivity contribution in [2.45, 2.75) is 0 Å². The molecule has 0 heterocycles. The number of allylic oxidation sites excluding steroid dienone is 1. The molecule has 0 saturated heterocycles. The third-order valence-electron chi connectivity index (χ3n) is 3.02. The summed E-state index contributed by atoms with van der Waals surface area (Å²) in [5.74, 6) is 0.938. The van der Waals surface area contributed by atoms with Crippen LogP contribution in [-0.2, 0) is 0 Å². The molecule has 4 nitrogen and oxygen atoms in total. The molecule has 0 amide bonds. The number of carbonyl (C=O) groups excluding carboxylic acids is 1. The van der Waals surface area contributed by atoms with E-state index in [9.17, 15) is 9.90 Å². The summed E-state index contributed by atoms with van der Waals surface area (Å²) in [6.45, 7) is 0. The van der Waals surface area contributed by atoms with Crippen LogP contribution in [0.3, 0.4) is 0 Å². The number of aromatic hydroxyl groups is 1. The van der Waals surface area contributed by atoms with Crippen molar-refractivity contribution in [3.63, 3.8) is 0 Å². The van der Waals surface area contributed by atoms with Gasteiger partial charge in [-0.1, -0.05) is 12.1 Å². The van der Waals surface area contributed by atoms with Crippen LogP contribution in [0, 0.1) is 0 Å².